The lowest BCUT2D eigenvalue weighted by molar-refractivity contribution is 0.0463. The Balaban J connectivity index is 1.37. The first kappa shape index (κ1) is 22.5. The number of benzene rings is 2. The molecule has 176 valence electrons. The Bertz CT molecular complexity index is 1500. The molecule has 4 aromatic rings. The summed E-state index contributed by atoms with van der Waals surface area (Å²) in [6.07, 6.45) is 1.62. The molecule has 0 aliphatic carbocycles. The molecule has 1 aliphatic rings. The minimum atomic E-state index is -0.675. The fourth-order valence-corrected chi connectivity index (χ4v) is 4.60. The van der Waals surface area contributed by atoms with Crippen LogP contribution in [0.1, 0.15) is 49.3 Å². The number of rotatable bonds is 7. The highest BCUT2D eigenvalue weighted by molar-refractivity contribution is 7.15. The van der Waals surface area contributed by atoms with Gasteiger partial charge in [-0.2, -0.15) is 0 Å². The molecule has 0 N–H and O–H groups in total. The number of aromatic nitrogens is 2. The average Bonchev–Trinajstić information content (AvgIpc) is 3.43. The SMILES string of the molecule is CCOc1ccc(CN2C(=O)c3ccccc3C2=O)cc1C(=O)OCc1cc(=O)n2ccsc2n1. The smallest absolute Gasteiger partial charge is 0.342 e. The normalized spacial score (nSPS) is 12.8. The van der Waals surface area contributed by atoms with Crippen LogP contribution < -0.4 is 10.3 Å². The van der Waals surface area contributed by atoms with Crippen LogP contribution in [0.2, 0.25) is 0 Å². The third-order valence-corrected chi connectivity index (χ3v) is 6.25. The van der Waals surface area contributed by atoms with Gasteiger partial charge in [-0.15, -0.1) is 11.3 Å². The molecule has 35 heavy (non-hydrogen) atoms. The molecule has 0 fully saturated rings. The minimum absolute atomic E-state index is 0.00754. The average molecular weight is 490 g/mol. The fraction of sp³-hybridized carbons (Fsp3) is 0.160. The second-order valence-corrected chi connectivity index (χ2v) is 8.60. The van der Waals surface area contributed by atoms with E-state index in [-0.39, 0.29) is 36.1 Å². The van der Waals surface area contributed by atoms with Crippen molar-refractivity contribution in [2.45, 2.75) is 20.1 Å². The first-order valence-corrected chi connectivity index (χ1v) is 11.7. The van der Waals surface area contributed by atoms with Crippen LogP contribution in [-0.2, 0) is 17.9 Å². The van der Waals surface area contributed by atoms with E-state index in [2.05, 4.69) is 4.98 Å². The first-order valence-electron chi connectivity index (χ1n) is 10.8. The van der Waals surface area contributed by atoms with Crippen molar-refractivity contribution >= 4 is 34.1 Å². The number of amides is 2. The highest BCUT2D eigenvalue weighted by atomic mass is 32.1. The van der Waals surface area contributed by atoms with E-state index in [0.717, 1.165) is 4.90 Å². The molecule has 3 heterocycles. The Labute approximate surface area is 203 Å². The van der Waals surface area contributed by atoms with Crippen LogP contribution >= 0.6 is 11.3 Å². The molecule has 2 aromatic heterocycles. The van der Waals surface area contributed by atoms with Crippen LogP contribution in [0.25, 0.3) is 4.96 Å². The van der Waals surface area contributed by atoms with Crippen molar-refractivity contribution in [3.05, 3.63) is 98.4 Å². The summed E-state index contributed by atoms with van der Waals surface area (Å²) in [4.78, 5) is 56.5. The van der Waals surface area contributed by atoms with Crippen molar-refractivity contribution in [2.75, 3.05) is 6.61 Å². The van der Waals surface area contributed by atoms with Gasteiger partial charge in [-0.25, -0.2) is 9.78 Å². The number of thiazole rings is 1. The number of hydrogen-bond acceptors (Lipinski definition) is 8. The third-order valence-electron chi connectivity index (χ3n) is 5.49. The number of esters is 1. The lowest BCUT2D eigenvalue weighted by Gasteiger charge is -2.16. The maximum atomic E-state index is 13.0. The number of carbonyl (C=O) groups is 3. The maximum absolute atomic E-state index is 13.0. The lowest BCUT2D eigenvalue weighted by Crippen LogP contribution is -2.29. The van der Waals surface area contributed by atoms with Crippen molar-refractivity contribution in [2.24, 2.45) is 0 Å². The summed E-state index contributed by atoms with van der Waals surface area (Å²) in [6, 6.07) is 12.8. The van der Waals surface area contributed by atoms with Gasteiger partial charge in [0.25, 0.3) is 17.4 Å². The van der Waals surface area contributed by atoms with Gasteiger partial charge in [0.15, 0.2) is 4.96 Å². The second-order valence-electron chi connectivity index (χ2n) is 7.72. The zero-order chi connectivity index (χ0) is 24.5. The van der Waals surface area contributed by atoms with E-state index in [1.54, 1.807) is 61.0 Å². The lowest BCUT2D eigenvalue weighted by atomic mass is 10.1. The van der Waals surface area contributed by atoms with Crippen LogP contribution in [0.15, 0.2) is 64.9 Å². The Kier molecular flexibility index (Phi) is 5.87. The molecular weight excluding hydrogens is 470 g/mol. The highest BCUT2D eigenvalue weighted by Gasteiger charge is 2.35. The van der Waals surface area contributed by atoms with E-state index >= 15 is 0 Å². The number of carbonyl (C=O) groups excluding carboxylic acids is 3. The zero-order valence-corrected chi connectivity index (χ0v) is 19.4. The molecular formula is C25H19N3O6S. The maximum Gasteiger partial charge on any atom is 0.342 e. The standard InChI is InChI=1S/C25H19N3O6S/c1-2-33-20-8-7-15(13-28-22(30)17-5-3-4-6-18(17)23(28)31)11-19(20)24(32)34-14-16-12-21(29)27-9-10-35-25(27)26-16/h3-12H,2,13-14H2,1H3. The first-order chi connectivity index (χ1) is 17.0. The van der Waals surface area contributed by atoms with Gasteiger partial charge in [0.05, 0.1) is 30.0 Å². The van der Waals surface area contributed by atoms with E-state index in [9.17, 15) is 19.2 Å². The number of ether oxygens (including phenoxy) is 2. The molecule has 0 spiro atoms. The monoisotopic (exact) mass is 489 g/mol. The van der Waals surface area contributed by atoms with Crippen LogP contribution in [0.3, 0.4) is 0 Å². The molecule has 5 rings (SSSR count). The summed E-state index contributed by atoms with van der Waals surface area (Å²) in [5, 5.41) is 1.74. The third kappa shape index (κ3) is 4.19. The Hall–Kier alpha value is -4.31. The zero-order valence-electron chi connectivity index (χ0n) is 18.6. The summed E-state index contributed by atoms with van der Waals surface area (Å²) < 4.78 is 12.4. The summed E-state index contributed by atoms with van der Waals surface area (Å²) in [5.74, 6) is -1.13. The van der Waals surface area contributed by atoms with E-state index in [4.69, 9.17) is 9.47 Å². The van der Waals surface area contributed by atoms with Crippen molar-refractivity contribution < 1.29 is 23.9 Å². The molecule has 2 amide bonds. The molecule has 0 bridgehead atoms. The van der Waals surface area contributed by atoms with Gasteiger partial charge < -0.3 is 9.47 Å². The summed E-state index contributed by atoms with van der Waals surface area (Å²) in [6.45, 7) is 1.91. The van der Waals surface area contributed by atoms with Crippen LogP contribution in [0, 0.1) is 0 Å². The van der Waals surface area contributed by atoms with E-state index in [1.165, 1.54) is 21.8 Å². The van der Waals surface area contributed by atoms with Crippen LogP contribution in [0.5, 0.6) is 5.75 Å². The van der Waals surface area contributed by atoms with Crippen molar-refractivity contribution in [1.82, 2.24) is 14.3 Å². The summed E-state index contributed by atoms with van der Waals surface area (Å²) in [5.41, 5.74) is 1.48. The van der Waals surface area contributed by atoms with Gasteiger partial charge in [0.2, 0.25) is 0 Å². The van der Waals surface area contributed by atoms with Gasteiger partial charge >= 0.3 is 5.97 Å². The largest absolute Gasteiger partial charge is 0.493 e. The van der Waals surface area contributed by atoms with Crippen molar-refractivity contribution in [3.8, 4) is 5.75 Å². The number of nitrogens with zero attached hydrogens (tertiary/aromatic N) is 3. The van der Waals surface area contributed by atoms with Crippen molar-refractivity contribution in [3.63, 3.8) is 0 Å². The molecule has 0 radical (unpaired) electrons. The predicted octanol–water partition coefficient (Wildman–Crippen LogP) is 3.31. The molecule has 9 nitrogen and oxygen atoms in total. The van der Waals surface area contributed by atoms with E-state index in [0.29, 0.717) is 39.7 Å². The molecule has 2 aromatic carbocycles. The second kappa shape index (κ2) is 9.15. The molecule has 1 aliphatic heterocycles. The highest BCUT2D eigenvalue weighted by Crippen LogP contribution is 2.27. The Morgan fingerprint density at radius 2 is 1.77 bits per heavy atom. The van der Waals surface area contributed by atoms with Gasteiger partial charge in [-0.3, -0.25) is 23.7 Å². The van der Waals surface area contributed by atoms with E-state index in [1.807, 2.05) is 0 Å². The summed E-state index contributed by atoms with van der Waals surface area (Å²) in [7, 11) is 0. The van der Waals surface area contributed by atoms with E-state index < -0.39 is 5.97 Å². The number of hydrogen-bond donors (Lipinski definition) is 0. The van der Waals surface area contributed by atoms with Gasteiger partial charge in [-0.1, -0.05) is 18.2 Å². The summed E-state index contributed by atoms with van der Waals surface area (Å²) >= 11 is 1.30. The van der Waals surface area contributed by atoms with Crippen molar-refractivity contribution in [1.29, 1.82) is 0 Å². The van der Waals surface area contributed by atoms with Gasteiger partial charge in [0, 0.05) is 17.6 Å². The molecule has 0 saturated heterocycles. The molecule has 0 saturated carbocycles. The molecule has 10 heteroatoms. The fourth-order valence-electron chi connectivity index (χ4n) is 3.86. The van der Waals surface area contributed by atoms with Crippen LogP contribution in [0.4, 0.5) is 0 Å². The Morgan fingerprint density at radius 3 is 2.49 bits per heavy atom. The van der Waals surface area contributed by atoms with Gasteiger partial charge in [-0.05, 0) is 36.8 Å². The molecule has 0 unspecified atom stereocenters. The quantitative estimate of drug-likeness (QED) is 0.290. The van der Waals surface area contributed by atoms with Crippen LogP contribution in [-0.4, -0.2) is 38.7 Å². The minimum Gasteiger partial charge on any atom is -0.493 e. The molecule has 0 atom stereocenters. The Morgan fingerprint density at radius 1 is 1.03 bits per heavy atom. The number of fused-ring (bicyclic) bond motifs is 2. The number of imide groups is 1. The van der Waals surface area contributed by atoms with Gasteiger partial charge in [0.1, 0.15) is 17.9 Å². The topological polar surface area (TPSA) is 107 Å². The predicted molar refractivity (Wildman–Crippen MR) is 127 cm³/mol.